The SMILES string of the molecule is CCC([O])NN1CCC2(CC2)C1. The van der Waals surface area contributed by atoms with Crippen LogP contribution in [-0.4, -0.2) is 24.3 Å². The fraction of sp³-hybridized carbons (Fsp3) is 1.00. The molecule has 1 radical (unpaired) electrons. The molecule has 0 aromatic heterocycles. The van der Waals surface area contributed by atoms with Crippen LogP contribution in [0.5, 0.6) is 0 Å². The summed E-state index contributed by atoms with van der Waals surface area (Å²) >= 11 is 0. The summed E-state index contributed by atoms with van der Waals surface area (Å²) in [4.78, 5) is 0. The lowest BCUT2D eigenvalue weighted by Crippen LogP contribution is -2.42. The van der Waals surface area contributed by atoms with Crippen LogP contribution in [0, 0.1) is 5.41 Å². The third-order valence-electron chi connectivity index (χ3n) is 3.09. The molecule has 1 atom stereocenters. The highest BCUT2D eigenvalue weighted by Crippen LogP contribution is 2.52. The molecule has 0 bridgehead atoms. The Bertz CT molecular complexity index is 168. The molecule has 1 unspecified atom stereocenters. The Morgan fingerprint density at radius 1 is 1.50 bits per heavy atom. The van der Waals surface area contributed by atoms with Crippen molar-refractivity contribution in [3.05, 3.63) is 0 Å². The van der Waals surface area contributed by atoms with Crippen LogP contribution in [0.4, 0.5) is 0 Å². The van der Waals surface area contributed by atoms with Gasteiger partial charge in [-0.2, -0.15) is 0 Å². The van der Waals surface area contributed by atoms with Crippen LogP contribution < -0.4 is 5.43 Å². The van der Waals surface area contributed by atoms with Gasteiger partial charge in [-0.1, -0.05) is 6.92 Å². The van der Waals surface area contributed by atoms with Crippen LogP contribution >= 0.6 is 0 Å². The maximum atomic E-state index is 11.1. The highest BCUT2D eigenvalue weighted by molar-refractivity contribution is 4.99. The van der Waals surface area contributed by atoms with Crippen molar-refractivity contribution in [3.63, 3.8) is 0 Å². The molecule has 1 saturated heterocycles. The molecule has 2 aliphatic rings. The summed E-state index contributed by atoms with van der Waals surface area (Å²) in [6.45, 7) is 4.10. The number of nitrogens with one attached hydrogen (secondary N) is 1. The standard InChI is InChI=1S/C9H17N2O/c1-2-8(12)10-11-6-5-9(7-11)3-4-9/h8,10H,2-7H2,1H3. The summed E-state index contributed by atoms with van der Waals surface area (Å²) in [6, 6.07) is 0. The molecular formula is C9H17N2O. The van der Waals surface area contributed by atoms with E-state index < -0.39 is 6.23 Å². The predicted octanol–water partition coefficient (Wildman–Crippen LogP) is 1.14. The lowest BCUT2D eigenvalue weighted by Gasteiger charge is -2.19. The Morgan fingerprint density at radius 3 is 2.75 bits per heavy atom. The summed E-state index contributed by atoms with van der Waals surface area (Å²) in [5.41, 5.74) is 3.63. The van der Waals surface area contributed by atoms with E-state index in [0.29, 0.717) is 11.8 Å². The molecule has 1 spiro atoms. The van der Waals surface area contributed by atoms with Gasteiger partial charge in [0.05, 0.1) is 0 Å². The first-order valence-corrected chi connectivity index (χ1v) is 4.91. The second kappa shape index (κ2) is 2.98. The Balaban J connectivity index is 1.76. The van der Waals surface area contributed by atoms with Gasteiger partial charge in [-0.15, -0.1) is 0 Å². The average Bonchev–Trinajstić information content (AvgIpc) is 2.68. The van der Waals surface area contributed by atoms with E-state index in [1.54, 1.807) is 0 Å². The molecule has 3 heteroatoms. The van der Waals surface area contributed by atoms with Gasteiger partial charge in [0.25, 0.3) is 0 Å². The molecule has 1 aliphatic heterocycles. The second-order valence-electron chi connectivity index (χ2n) is 4.20. The summed E-state index contributed by atoms with van der Waals surface area (Å²) in [5, 5.41) is 13.2. The van der Waals surface area contributed by atoms with Crippen LogP contribution in [0.2, 0.25) is 0 Å². The number of nitrogens with zero attached hydrogens (tertiary/aromatic N) is 1. The quantitative estimate of drug-likeness (QED) is 0.643. The Hall–Kier alpha value is -0.120. The summed E-state index contributed by atoms with van der Waals surface area (Å²) in [5.74, 6) is 0. The maximum absolute atomic E-state index is 11.1. The average molecular weight is 169 g/mol. The van der Waals surface area contributed by atoms with E-state index in [1.165, 1.54) is 19.3 Å². The molecule has 2 rings (SSSR count). The van der Waals surface area contributed by atoms with E-state index in [2.05, 4.69) is 10.4 Å². The number of hydrazine groups is 1. The Morgan fingerprint density at radius 2 is 2.25 bits per heavy atom. The summed E-state index contributed by atoms with van der Waals surface area (Å²) < 4.78 is 0. The van der Waals surface area contributed by atoms with Crippen molar-refractivity contribution in [2.75, 3.05) is 13.1 Å². The van der Waals surface area contributed by atoms with E-state index in [4.69, 9.17) is 0 Å². The van der Waals surface area contributed by atoms with Crippen LogP contribution in [0.25, 0.3) is 0 Å². The zero-order valence-corrected chi connectivity index (χ0v) is 7.68. The first kappa shape index (κ1) is 8.48. The fourth-order valence-electron chi connectivity index (χ4n) is 1.93. The first-order valence-electron chi connectivity index (χ1n) is 4.91. The molecule has 0 aromatic carbocycles. The maximum Gasteiger partial charge on any atom is 0.155 e. The molecular weight excluding hydrogens is 152 g/mol. The molecule has 1 heterocycles. The number of rotatable bonds is 3. The van der Waals surface area contributed by atoms with Gasteiger partial charge in [-0.05, 0) is 31.1 Å². The van der Waals surface area contributed by atoms with Crippen molar-refractivity contribution in [1.29, 1.82) is 0 Å². The minimum atomic E-state index is -0.598. The normalized spacial score (nSPS) is 29.5. The van der Waals surface area contributed by atoms with Gasteiger partial charge >= 0.3 is 0 Å². The van der Waals surface area contributed by atoms with E-state index in [1.807, 2.05) is 6.92 Å². The monoisotopic (exact) mass is 169 g/mol. The number of hydrogen-bond donors (Lipinski definition) is 1. The molecule has 1 N–H and O–H groups in total. The van der Waals surface area contributed by atoms with Gasteiger partial charge in [0, 0.05) is 13.1 Å². The Kier molecular flexibility index (Phi) is 2.10. The first-order chi connectivity index (χ1) is 5.74. The van der Waals surface area contributed by atoms with Gasteiger partial charge in [0.2, 0.25) is 0 Å². The topological polar surface area (TPSA) is 35.2 Å². The Labute approximate surface area is 73.7 Å². The highest BCUT2D eigenvalue weighted by Gasteiger charge is 2.47. The van der Waals surface area contributed by atoms with Crippen molar-refractivity contribution in [2.24, 2.45) is 5.41 Å². The predicted molar refractivity (Wildman–Crippen MR) is 45.8 cm³/mol. The van der Waals surface area contributed by atoms with Gasteiger partial charge in [-0.3, -0.25) is 0 Å². The van der Waals surface area contributed by atoms with E-state index in [9.17, 15) is 5.11 Å². The van der Waals surface area contributed by atoms with Crippen LogP contribution in [0.1, 0.15) is 32.6 Å². The summed E-state index contributed by atoms with van der Waals surface area (Å²) in [7, 11) is 0. The second-order valence-corrected chi connectivity index (χ2v) is 4.20. The third-order valence-corrected chi connectivity index (χ3v) is 3.09. The smallest absolute Gasteiger partial charge is 0.155 e. The molecule has 12 heavy (non-hydrogen) atoms. The lowest BCUT2D eigenvalue weighted by molar-refractivity contribution is -0.00769. The summed E-state index contributed by atoms with van der Waals surface area (Å²) in [6.07, 6.45) is 4.11. The van der Waals surface area contributed by atoms with Crippen molar-refractivity contribution in [2.45, 2.75) is 38.8 Å². The lowest BCUT2D eigenvalue weighted by atomic mass is 10.1. The van der Waals surface area contributed by atoms with Crippen LogP contribution in [-0.2, 0) is 5.11 Å². The fourth-order valence-corrected chi connectivity index (χ4v) is 1.93. The van der Waals surface area contributed by atoms with E-state index >= 15 is 0 Å². The van der Waals surface area contributed by atoms with E-state index in [-0.39, 0.29) is 0 Å². The van der Waals surface area contributed by atoms with Crippen LogP contribution in [0.15, 0.2) is 0 Å². The van der Waals surface area contributed by atoms with E-state index in [0.717, 1.165) is 13.1 Å². The third kappa shape index (κ3) is 1.63. The molecule has 0 aromatic rings. The van der Waals surface area contributed by atoms with Crippen molar-refractivity contribution >= 4 is 0 Å². The van der Waals surface area contributed by atoms with Gasteiger partial charge in [-0.25, -0.2) is 15.5 Å². The molecule has 0 amide bonds. The van der Waals surface area contributed by atoms with Crippen molar-refractivity contribution < 1.29 is 5.11 Å². The van der Waals surface area contributed by atoms with Crippen molar-refractivity contribution in [1.82, 2.24) is 10.4 Å². The molecule has 69 valence electrons. The minimum absolute atomic E-state index is 0.598. The van der Waals surface area contributed by atoms with Crippen LogP contribution in [0.3, 0.4) is 0 Å². The zero-order valence-electron chi connectivity index (χ0n) is 7.68. The van der Waals surface area contributed by atoms with Gasteiger partial charge in [0.1, 0.15) is 0 Å². The van der Waals surface area contributed by atoms with Gasteiger partial charge < -0.3 is 0 Å². The molecule has 1 saturated carbocycles. The zero-order chi connectivity index (χ0) is 8.60. The highest BCUT2D eigenvalue weighted by atomic mass is 16.3. The minimum Gasteiger partial charge on any atom is -0.242 e. The van der Waals surface area contributed by atoms with Crippen molar-refractivity contribution in [3.8, 4) is 0 Å². The molecule has 2 fully saturated rings. The largest absolute Gasteiger partial charge is 0.242 e. The molecule has 3 nitrogen and oxygen atoms in total. The van der Waals surface area contributed by atoms with Gasteiger partial charge in [0.15, 0.2) is 6.23 Å². The number of hydrogen-bond acceptors (Lipinski definition) is 2. The molecule has 1 aliphatic carbocycles.